The van der Waals surface area contributed by atoms with Crippen LogP contribution < -0.4 is 15.2 Å². The standard InChI is InChI=1S/C8H7NO4/c9-5-1-4(8(10)11)2-6-7(5)13-3-12-6/h1-2H,3,9H2,(H,10,11). The van der Waals surface area contributed by atoms with Gasteiger partial charge in [-0.3, -0.25) is 0 Å². The molecule has 0 fully saturated rings. The second kappa shape index (κ2) is 2.55. The Morgan fingerprint density at radius 3 is 2.92 bits per heavy atom. The average Bonchev–Trinajstić information content (AvgIpc) is 2.51. The van der Waals surface area contributed by atoms with Crippen LogP contribution in [0.3, 0.4) is 0 Å². The van der Waals surface area contributed by atoms with Gasteiger partial charge in [-0.25, -0.2) is 4.79 Å². The molecule has 0 saturated heterocycles. The van der Waals surface area contributed by atoms with Gasteiger partial charge in [0.25, 0.3) is 0 Å². The van der Waals surface area contributed by atoms with E-state index >= 15 is 0 Å². The number of carboxylic acid groups (broad SMARTS) is 1. The van der Waals surface area contributed by atoms with Crippen LogP contribution in [-0.2, 0) is 0 Å². The zero-order valence-corrected chi connectivity index (χ0v) is 6.61. The van der Waals surface area contributed by atoms with Crippen LogP contribution in [-0.4, -0.2) is 17.9 Å². The lowest BCUT2D eigenvalue weighted by molar-refractivity contribution is 0.0696. The molecule has 0 amide bonds. The fourth-order valence-electron chi connectivity index (χ4n) is 1.16. The van der Waals surface area contributed by atoms with Crippen LogP contribution in [0.25, 0.3) is 0 Å². The van der Waals surface area contributed by atoms with Crippen molar-refractivity contribution in [3.63, 3.8) is 0 Å². The van der Waals surface area contributed by atoms with Crippen molar-refractivity contribution in [1.82, 2.24) is 0 Å². The zero-order valence-electron chi connectivity index (χ0n) is 6.61. The van der Waals surface area contributed by atoms with Gasteiger partial charge in [0, 0.05) is 0 Å². The number of fused-ring (bicyclic) bond motifs is 1. The highest BCUT2D eigenvalue weighted by atomic mass is 16.7. The molecule has 68 valence electrons. The summed E-state index contributed by atoms with van der Waals surface area (Å²) in [5, 5.41) is 8.69. The topological polar surface area (TPSA) is 81.8 Å². The molecule has 3 N–H and O–H groups in total. The van der Waals surface area contributed by atoms with Gasteiger partial charge < -0.3 is 20.3 Å². The van der Waals surface area contributed by atoms with Crippen molar-refractivity contribution in [2.24, 2.45) is 0 Å². The largest absolute Gasteiger partial charge is 0.478 e. The van der Waals surface area contributed by atoms with Crippen LogP contribution in [0.15, 0.2) is 12.1 Å². The van der Waals surface area contributed by atoms with E-state index in [9.17, 15) is 4.79 Å². The number of nitrogens with two attached hydrogens (primary N) is 1. The van der Waals surface area contributed by atoms with Crippen molar-refractivity contribution < 1.29 is 19.4 Å². The molecule has 13 heavy (non-hydrogen) atoms. The molecule has 5 nitrogen and oxygen atoms in total. The SMILES string of the molecule is Nc1cc(C(=O)O)cc2c1OCO2. The number of rotatable bonds is 1. The quantitative estimate of drug-likeness (QED) is 0.623. The normalized spacial score (nSPS) is 12.9. The molecule has 0 unspecified atom stereocenters. The number of carbonyl (C=O) groups is 1. The molecule has 1 aliphatic rings. The molecule has 2 rings (SSSR count). The number of anilines is 1. The van der Waals surface area contributed by atoms with Crippen LogP contribution in [0.5, 0.6) is 11.5 Å². The van der Waals surface area contributed by atoms with Crippen LogP contribution in [0.2, 0.25) is 0 Å². The molecule has 1 aliphatic heterocycles. The second-order valence-electron chi connectivity index (χ2n) is 2.60. The summed E-state index contributed by atoms with van der Waals surface area (Å²) in [4.78, 5) is 10.6. The molecule has 0 aromatic heterocycles. The Morgan fingerprint density at radius 1 is 1.46 bits per heavy atom. The van der Waals surface area contributed by atoms with Crippen LogP contribution in [0.1, 0.15) is 10.4 Å². The molecule has 5 heteroatoms. The van der Waals surface area contributed by atoms with Gasteiger partial charge in [-0.2, -0.15) is 0 Å². The minimum Gasteiger partial charge on any atom is -0.478 e. The number of aromatic carboxylic acids is 1. The molecule has 1 heterocycles. The van der Waals surface area contributed by atoms with E-state index in [1.807, 2.05) is 0 Å². The van der Waals surface area contributed by atoms with E-state index in [2.05, 4.69) is 0 Å². The van der Waals surface area contributed by atoms with Crippen LogP contribution in [0, 0.1) is 0 Å². The Hall–Kier alpha value is -1.91. The number of ether oxygens (including phenoxy) is 2. The van der Waals surface area contributed by atoms with Gasteiger partial charge in [-0.15, -0.1) is 0 Å². The Balaban J connectivity index is 2.55. The van der Waals surface area contributed by atoms with E-state index in [4.69, 9.17) is 20.3 Å². The summed E-state index contributed by atoms with van der Waals surface area (Å²) in [6.45, 7) is 0.0859. The zero-order chi connectivity index (χ0) is 9.42. The second-order valence-corrected chi connectivity index (χ2v) is 2.60. The number of nitrogen functional groups attached to an aromatic ring is 1. The highest BCUT2D eigenvalue weighted by molar-refractivity contribution is 5.90. The molecule has 1 aromatic rings. The summed E-state index contributed by atoms with van der Waals surface area (Å²) in [5.41, 5.74) is 5.93. The van der Waals surface area contributed by atoms with Crippen molar-refractivity contribution in [3.05, 3.63) is 17.7 Å². The lowest BCUT2D eigenvalue weighted by atomic mass is 10.2. The number of hydrogen-bond donors (Lipinski definition) is 2. The van der Waals surface area contributed by atoms with Crippen molar-refractivity contribution in [2.45, 2.75) is 0 Å². The maximum absolute atomic E-state index is 10.6. The van der Waals surface area contributed by atoms with Crippen molar-refractivity contribution in [1.29, 1.82) is 0 Å². The first kappa shape index (κ1) is 7.72. The third-order valence-electron chi connectivity index (χ3n) is 1.75. The molecule has 0 atom stereocenters. The van der Waals surface area contributed by atoms with E-state index in [-0.39, 0.29) is 18.0 Å². The van der Waals surface area contributed by atoms with Gasteiger partial charge in [-0.1, -0.05) is 0 Å². The summed E-state index contributed by atoms with van der Waals surface area (Å²) >= 11 is 0. The van der Waals surface area contributed by atoms with Crippen molar-refractivity contribution in [3.8, 4) is 11.5 Å². The fourth-order valence-corrected chi connectivity index (χ4v) is 1.16. The third-order valence-corrected chi connectivity index (χ3v) is 1.75. The smallest absolute Gasteiger partial charge is 0.335 e. The van der Waals surface area contributed by atoms with Gasteiger partial charge in [0.2, 0.25) is 6.79 Å². The Morgan fingerprint density at radius 2 is 2.23 bits per heavy atom. The maximum atomic E-state index is 10.6. The molecular weight excluding hydrogens is 174 g/mol. The first-order chi connectivity index (χ1) is 6.18. The molecule has 0 radical (unpaired) electrons. The summed E-state index contributed by atoms with van der Waals surface area (Å²) in [5.74, 6) is -0.229. The van der Waals surface area contributed by atoms with Crippen LogP contribution >= 0.6 is 0 Å². The lowest BCUT2D eigenvalue weighted by Gasteiger charge is -2.01. The van der Waals surface area contributed by atoms with Crippen molar-refractivity contribution >= 4 is 11.7 Å². The number of benzene rings is 1. The maximum Gasteiger partial charge on any atom is 0.335 e. The minimum atomic E-state index is -1.04. The molecule has 0 aliphatic carbocycles. The van der Waals surface area contributed by atoms with Gasteiger partial charge in [-0.05, 0) is 12.1 Å². The molecule has 0 spiro atoms. The molecular formula is C8H7NO4. The summed E-state index contributed by atoms with van der Waals surface area (Å²) in [6, 6.07) is 2.73. The Labute approximate surface area is 73.7 Å². The van der Waals surface area contributed by atoms with E-state index < -0.39 is 5.97 Å². The first-order valence-electron chi connectivity index (χ1n) is 3.61. The highest BCUT2D eigenvalue weighted by Crippen LogP contribution is 2.38. The third kappa shape index (κ3) is 1.14. The Bertz CT molecular complexity index is 375. The average molecular weight is 181 g/mol. The highest BCUT2D eigenvalue weighted by Gasteiger charge is 2.19. The van der Waals surface area contributed by atoms with Gasteiger partial charge in [0.1, 0.15) is 0 Å². The van der Waals surface area contributed by atoms with E-state index in [0.717, 1.165) is 0 Å². The number of carboxylic acids is 1. The molecule has 1 aromatic carbocycles. The van der Waals surface area contributed by atoms with E-state index in [1.165, 1.54) is 12.1 Å². The van der Waals surface area contributed by atoms with Gasteiger partial charge in [0.15, 0.2) is 11.5 Å². The summed E-state index contributed by atoms with van der Waals surface area (Å²) in [7, 11) is 0. The fraction of sp³-hybridized carbons (Fsp3) is 0.125. The van der Waals surface area contributed by atoms with Crippen molar-refractivity contribution in [2.75, 3.05) is 12.5 Å². The molecule has 0 bridgehead atoms. The summed E-state index contributed by atoms with van der Waals surface area (Å²) < 4.78 is 10.0. The minimum absolute atomic E-state index is 0.0859. The summed E-state index contributed by atoms with van der Waals surface area (Å²) in [6.07, 6.45) is 0. The monoisotopic (exact) mass is 181 g/mol. The Kier molecular flexibility index (Phi) is 1.51. The molecule has 0 saturated carbocycles. The lowest BCUT2D eigenvalue weighted by Crippen LogP contribution is -1.98. The predicted molar refractivity (Wildman–Crippen MR) is 43.9 cm³/mol. The number of hydrogen-bond acceptors (Lipinski definition) is 4. The van der Waals surface area contributed by atoms with E-state index in [1.54, 1.807) is 0 Å². The van der Waals surface area contributed by atoms with Gasteiger partial charge >= 0.3 is 5.97 Å². The van der Waals surface area contributed by atoms with Gasteiger partial charge in [0.05, 0.1) is 11.3 Å². The van der Waals surface area contributed by atoms with Crippen LogP contribution in [0.4, 0.5) is 5.69 Å². The van der Waals surface area contributed by atoms with E-state index in [0.29, 0.717) is 11.5 Å². The predicted octanol–water partition coefficient (Wildman–Crippen LogP) is 0.696. The first-order valence-corrected chi connectivity index (χ1v) is 3.61.